The van der Waals surface area contributed by atoms with E-state index in [1.165, 1.54) is 0 Å². The van der Waals surface area contributed by atoms with E-state index in [1.807, 2.05) is 0 Å². The maximum atomic E-state index is 9.96. The summed E-state index contributed by atoms with van der Waals surface area (Å²) in [5.41, 5.74) is -1.97. The second-order valence-electron chi connectivity index (χ2n) is 3.57. The van der Waals surface area contributed by atoms with Gasteiger partial charge in [-0.25, -0.2) is 0 Å². The predicted molar refractivity (Wildman–Crippen MR) is 84.4 cm³/mol. The predicted octanol–water partition coefficient (Wildman–Crippen LogP) is 5.29. The summed E-state index contributed by atoms with van der Waals surface area (Å²) in [5, 5.41) is 1.21. The average molecular weight is 345 g/mol. The molecule has 1 rings (SSSR count). The van der Waals surface area contributed by atoms with Crippen LogP contribution in [0.3, 0.4) is 0 Å². The summed E-state index contributed by atoms with van der Waals surface area (Å²) in [4.78, 5) is 10.7. The molecule has 0 fully saturated rings. The van der Waals surface area contributed by atoms with Gasteiger partial charge in [-0.1, -0.05) is 36.5 Å². The maximum absolute atomic E-state index is 9.96. The van der Waals surface area contributed by atoms with Crippen LogP contribution in [-0.4, -0.2) is 11.5 Å². The lowest BCUT2D eigenvalue weighted by atomic mass is 10.1. The first-order valence-corrected chi connectivity index (χ1v) is 10.4. The Labute approximate surface area is 127 Å². The average Bonchev–Trinajstić information content (AvgIpc) is 2.28. The SMILES string of the molecule is CCCc1c(Cl)ccc(SP(O)(=S)OCC)c1Cl. The molecule has 0 aliphatic carbocycles. The maximum Gasteiger partial charge on any atom is 0.249 e. The third kappa shape index (κ3) is 4.68. The molecular weight excluding hydrogens is 330 g/mol. The van der Waals surface area contributed by atoms with Crippen molar-refractivity contribution in [1.29, 1.82) is 0 Å². The molecule has 1 N–H and O–H groups in total. The zero-order valence-electron chi connectivity index (χ0n) is 10.2. The summed E-state index contributed by atoms with van der Waals surface area (Å²) in [5.74, 6) is 0. The van der Waals surface area contributed by atoms with Gasteiger partial charge < -0.3 is 9.42 Å². The molecule has 0 amide bonds. The van der Waals surface area contributed by atoms with Gasteiger partial charge in [0.2, 0.25) is 5.69 Å². The largest absolute Gasteiger partial charge is 0.337 e. The highest BCUT2D eigenvalue weighted by Crippen LogP contribution is 2.61. The van der Waals surface area contributed by atoms with Gasteiger partial charge in [0, 0.05) is 9.92 Å². The molecule has 1 atom stereocenters. The highest BCUT2D eigenvalue weighted by atomic mass is 35.5. The highest BCUT2D eigenvalue weighted by molar-refractivity contribution is 8.67. The van der Waals surface area contributed by atoms with Crippen LogP contribution in [0.4, 0.5) is 0 Å². The van der Waals surface area contributed by atoms with Gasteiger partial charge in [0.1, 0.15) is 0 Å². The highest BCUT2D eigenvalue weighted by Gasteiger charge is 2.19. The number of rotatable bonds is 6. The van der Waals surface area contributed by atoms with E-state index in [2.05, 4.69) is 6.92 Å². The van der Waals surface area contributed by atoms with Crippen molar-refractivity contribution in [3.8, 4) is 0 Å². The molecule has 0 aliphatic heterocycles. The smallest absolute Gasteiger partial charge is 0.249 e. The fourth-order valence-electron chi connectivity index (χ4n) is 1.44. The summed E-state index contributed by atoms with van der Waals surface area (Å²) in [7, 11) is 0. The zero-order valence-corrected chi connectivity index (χ0v) is 14.2. The van der Waals surface area contributed by atoms with Crippen molar-refractivity contribution in [2.45, 2.75) is 31.6 Å². The fraction of sp³-hybridized carbons (Fsp3) is 0.455. The molecule has 0 saturated carbocycles. The summed E-state index contributed by atoms with van der Waals surface area (Å²) < 4.78 is 5.17. The topological polar surface area (TPSA) is 29.5 Å². The molecular formula is C11H15Cl2O2PS2. The van der Waals surface area contributed by atoms with Gasteiger partial charge in [-0.15, -0.1) is 0 Å². The first-order valence-electron chi connectivity index (χ1n) is 5.55. The molecule has 0 spiro atoms. The first-order chi connectivity index (χ1) is 8.41. The van der Waals surface area contributed by atoms with Gasteiger partial charge in [-0.3, -0.25) is 0 Å². The molecule has 0 bridgehead atoms. The van der Waals surface area contributed by atoms with Crippen molar-refractivity contribution >= 4 is 52.1 Å². The molecule has 2 nitrogen and oxygen atoms in total. The quantitative estimate of drug-likeness (QED) is 0.710. The van der Waals surface area contributed by atoms with Crippen molar-refractivity contribution in [2.24, 2.45) is 0 Å². The van der Waals surface area contributed by atoms with E-state index >= 15 is 0 Å². The van der Waals surface area contributed by atoms with E-state index in [4.69, 9.17) is 39.5 Å². The van der Waals surface area contributed by atoms with E-state index in [0.717, 1.165) is 34.7 Å². The molecule has 7 heteroatoms. The van der Waals surface area contributed by atoms with Crippen LogP contribution in [0.15, 0.2) is 17.0 Å². The third-order valence-corrected chi connectivity index (χ3v) is 6.99. The number of hydrogen-bond donors (Lipinski definition) is 1. The lowest BCUT2D eigenvalue weighted by molar-refractivity contribution is 0.341. The summed E-state index contributed by atoms with van der Waals surface area (Å²) >= 11 is 18.6. The Balaban J connectivity index is 3.04. The number of benzene rings is 1. The van der Waals surface area contributed by atoms with E-state index in [-0.39, 0.29) is 0 Å². The van der Waals surface area contributed by atoms with Gasteiger partial charge >= 0.3 is 0 Å². The van der Waals surface area contributed by atoms with Crippen molar-refractivity contribution in [1.82, 2.24) is 0 Å². The van der Waals surface area contributed by atoms with Crippen LogP contribution in [0.1, 0.15) is 25.8 Å². The molecule has 0 heterocycles. The van der Waals surface area contributed by atoms with E-state index in [9.17, 15) is 4.89 Å². The fourth-order valence-corrected chi connectivity index (χ4v) is 5.95. The standard InChI is InChI=1S/C11H15Cl2O2PS2/c1-3-5-8-9(12)6-7-10(11(8)13)18-16(14,17)15-4-2/h6-7H,3-5H2,1-2H3,(H,14,17). The Bertz CT molecular complexity index is 469. The lowest BCUT2D eigenvalue weighted by Crippen LogP contribution is -1.90. The van der Waals surface area contributed by atoms with Crippen LogP contribution < -0.4 is 0 Å². The minimum Gasteiger partial charge on any atom is -0.337 e. The van der Waals surface area contributed by atoms with Gasteiger partial charge in [0.15, 0.2) is 0 Å². The molecule has 0 aromatic heterocycles. The molecule has 1 aromatic carbocycles. The van der Waals surface area contributed by atoms with E-state index in [0.29, 0.717) is 16.7 Å². The molecule has 1 aromatic rings. The van der Waals surface area contributed by atoms with E-state index < -0.39 is 5.69 Å². The molecule has 0 radical (unpaired) electrons. The first kappa shape index (κ1) is 16.8. The van der Waals surface area contributed by atoms with Crippen LogP contribution in [0.5, 0.6) is 0 Å². The number of hydrogen-bond acceptors (Lipinski definition) is 3. The van der Waals surface area contributed by atoms with Gasteiger partial charge in [0.25, 0.3) is 0 Å². The Morgan fingerprint density at radius 1 is 1.39 bits per heavy atom. The van der Waals surface area contributed by atoms with Gasteiger partial charge in [0.05, 0.1) is 11.6 Å². The van der Waals surface area contributed by atoms with Crippen LogP contribution in [-0.2, 0) is 22.8 Å². The van der Waals surface area contributed by atoms with Crippen LogP contribution >= 0.6 is 40.3 Å². The second kappa shape index (κ2) is 7.49. The molecule has 1 unspecified atom stereocenters. The third-order valence-electron chi connectivity index (χ3n) is 2.16. The minimum atomic E-state index is -2.87. The Morgan fingerprint density at radius 3 is 2.61 bits per heavy atom. The summed E-state index contributed by atoms with van der Waals surface area (Å²) in [6, 6.07) is 3.55. The van der Waals surface area contributed by atoms with Crippen molar-refractivity contribution in [3.63, 3.8) is 0 Å². The molecule has 0 saturated heterocycles. The van der Waals surface area contributed by atoms with Crippen molar-refractivity contribution < 1.29 is 9.42 Å². The Morgan fingerprint density at radius 2 is 2.06 bits per heavy atom. The minimum absolute atomic E-state index is 0.383. The zero-order chi connectivity index (χ0) is 13.8. The Hall–Kier alpha value is 0.720. The van der Waals surface area contributed by atoms with Crippen molar-refractivity contribution in [3.05, 3.63) is 27.7 Å². The van der Waals surface area contributed by atoms with Crippen molar-refractivity contribution in [2.75, 3.05) is 6.61 Å². The van der Waals surface area contributed by atoms with Gasteiger partial charge in [-0.2, -0.15) is 0 Å². The van der Waals surface area contributed by atoms with Gasteiger partial charge in [-0.05, 0) is 54.2 Å². The van der Waals surface area contributed by atoms with Crippen LogP contribution in [0, 0.1) is 0 Å². The van der Waals surface area contributed by atoms with E-state index in [1.54, 1.807) is 19.1 Å². The monoisotopic (exact) mass is 344 g/mol. The molecule has 18 heavy (non-hydrogen) atoms. The van der Waals surface area contributed by atoms with Crippen LogP contribution in [0.2, 0.25) is 10.0 Å². The lowest BCUT2D eigenvalue weighted by Gasteiger charge is -2.16. The molecule has 102 valence electrons. The normalized spacial score (nSPS) is 14.5. The summed E-state index contributed by atoms with van der Waals surface area (Å²) in [6.45, 7) is 4.24. The summed E-state index contributed by atoms with van der Waals surface area (Å²) in [6.07, 6.45) is 1.75. The molecule has 0 aliphatic rings. The van der Waals surface area contributed by atoms with Crippen LogP contribution in [0.25, 0.3) is 0 Å². The Kier molecular flexibility index (Phi) is 6.98. The second-order valence-corrected chi connectivity index (χ2v) is 10.4. The number of halogens is 2.